The fraction of sp³-hybridized carbons (Fsp3) is 0.462. The molecule has 98 valence electrons. The van der Waals surface area contributed by atoms with Crippen molar-refractivity contribution in [3.05, 3.63) is 28.8 Å². The first-order valence-electron chi connectivity index (χ1n) is 5.90. The van der Waals surface area contributed by atoms with Gasteiger partial charge in [-0.05, 0) is 43.1 Å². The number of hydrogen-bond acceptors (Lipinski definition) is 3. The molecule has 18 heavy (non-hydrogen) atoms. The van der Waals surface area contributed by atoms with Gasteiger partial charge in [-0.3, -0.25) is 4.79 Å². The molecule has 1 aromatic carbocycles. The Bertz CT molecular complexity index is 444. The molecule has 2 N–H and O–H groups in total. The highest BCUT2D eigenvalue weighted by molar-refractivity contribution is 6.32. The van der Waals surface area contributed by atoms with E-state index in [9.17, 15) is 9.90 Å². The second-order valence-electron chi connectivity index (χ2n) is 4.46. The summed E-state index contributed by atoms with van der Waals surface area (Å²) in [5.41, 5.74) is 0.738. The van der Waals surface area contributed by atoms with Gasteiger partial charge in [0.1, 0.15) is 5.75 Å². The van der Waals surface area contributed by atoms with Gasteiger partial charge in [-0.1, -0.05) is 17.7 Å². The molecular weight excluding hydrogens is 254 g/mol. The van der Waals surface area contributed by atoms with Gasteiger partial charge in [-0.25, -0.2) is 0 Å². The predicted molar refractivity (Wildman–Crippen MR) is 69.4 cm³/mol. The van der Waals surface area contributed by atoms with Gasteiger partial charge in [0.05, 0.1) is 18.1 Å². The van der Waals surface area contributed by atoms with Crippen LogP contribution in [0.2, 0.25) is 5.02 Å². The van der Waals surface area contributed by atoms with E-state index in [4.69, 9.17) is 16.3 Å². The molecule has 2 rings (SSSR count). The molecule has 1 aromatic rings. The van der Waals surface area contributed by atoms with Crippen LogP contribution in [-0.2, 0) is 4.79 Å². The third kappa shape index (κ3) is 2.60. The van der Waals surface area contributed by atoms with E-state index in [1.54, 1.807) is 18.2 Å². The van der Waals surface area contributed by atoms with Gasteiger partial charge < -0.3 is 15.2 Å². The summed E-state index contributed by atoms with van der Waals surface area (Å²) in [6, 6.07) is 5.19. The maximum absolute atomic E-state index is 11.5. The topological polar surface area (TPSA) is 58.6 Å². The van der Waals surface area contributed by atoms with Gasteiger partial charge in [0.2, 0.25) is 0 Å². The van der Waals surface area contributed by atoms with Gasteiger partial charge in [-0.2, -0.15) is 0 Å². The molecule has 2 unspecified atom stereocenters. The Morgan fingerprint density at radius 1 is 1.61 bits per heavy atom. The SMILES string of the molecule is COc1ccc(C(C(=O)O)C2CCNC2)cc1Cl. The summed E-state index contributed by atoms with van der Waals surface area (Å²) in [6.45, 7) is 1.61. The predicted octanol–water partition coefficient (Wildman–Crippen LogP) is 2.13. The van der Waals surface area contributed by atoms with E-state index in [2.05, 4.69) is 5.32 Å². The minimum atomic E-state index is -0.801. The van der Waals surface area contributed by atoms with Crippen LogP contribution in [0.1, 0.15) is 17.9 Å². The van der Waals surface area contributed by atoms with Crippen LogP contribution in [0.25, 0.3) is 0 Å². The molecule has 0 amide bonds. The Kier molecular flexibility index (Phi) is 4.09. The number of ether oxygens (including phenoxy) is 1. The maximum Gasteiger partial charge on any atom is 0.311 e. The molecule has 0 spiro atoms. The van der Waals surface area contributed by atoms with Crippen molar-refractivity contribution in [1.82, 2.24) is 5.32 Å². The van der Waals surface area contributed by atoms with E-state index in [1.807, 2.05) is 0 Å². The zero-order chi connectivity index (χ0) is 13.1. The Balaban J connectivity index is 2.30. The standard InChI is InChI=1S/C13H16ClNO3/c1-18-11-3-2-8(6-10(11)14)12(13(16)17)9-4-5-15-7-9/h2-3,6,9,12,15H,4-5,7H2,1H3,(H,16,17). The largest absolute Gasteiger partial charge is 0.495 e. The third-order valence-corrected chi connectivity index (χ3v) is 3.67. The molecule has 0 radical (unpaired) electrons. The highest BCUT2D eigenvalue weighted by atomic mass is 35.5. The zero-order valence-electron chi connectivity index (χ0n) is 10.1. The van der Waals surface area contributed by atoms with E-state index >= 15 is 0 Å². The number of aliphatic carboxylic acids is 1. The highest BCUT2D eigenvalue weighted by Crippen LogP contribution is 2.34. The molecule has 0 aromatic heterocycles. The zero-order valence-corrected chi connectivity index (χ0v) is 10.9. The molecule has 0 saturated carbocycles. The first kappa shape index (κ1) is 13.2. The number of carboxylic acids is 1. The lowest BCUT2D eigenvalue weighted by Gasteiger charge is -2.19. The molecule has 1 aliphatic heterocycles. The minimum absolute atomic E-state index is 0.118. The van der Waals surface area contributed by atoms with E-state index in [-0.39, 0.29) is 5.92 Å². The van der Waals surface area contributed by atoms with Crippen LogP contribution in [0.4, 0.5) is 0 Å². The Labute approximate surface area is 111 Å². The van der Waals surface area contributed by atoms with Crippen molar-refractivity contribution in [1.29, 1.82) is 0 Å². The average Bonchev–Trinajstić information content (AvgIpc) is 2.82. The van der Waals surface area contributed by atoms with Gasteiger partial charge >= 0.3 is 5.97 Å². The summed E-state index contributed by atoms with van der Waals surface area (Å²) in [5, 5.41) is 13.0. The van der Waals surface area contributed by atoms with Crippen molar-refractivity contribution in [3.8, 4) is 5.75 Å². The fourth-order valence-electron chi connectivity index (χ4n) is 2.45. The number of carboxylic acid groups (broad SMARTS) is 1. The number of benzene rings is 1. The number of halogens is 1. The van der Waals surface area contributed by atoms with Gasteiger partial charge in [-0.15, -0.1) is 0 Å². The van der Waals surface area contributed by atoms with Gasteiger partial charge in [0, 0.05) is 0 Å². The molecule has 5 heteroatoms. The fourth-order valence-corrected chi connectivity index (χ4v) is 2.72. The molecule has 1 fully saturated rings. The van der Waals surface area contributed by atoms with Crippen molar-refractivity contribution in [3.63, 3.8) is 0 Å². The monoisotopic (exact) mass is 269 g/mol. The normalized spacial score (nSPS) is 20.7. The summed E-state index contributed by atoms with van der Waals surface area (Å²) < 4.78 is 5.07. The Hall–Kier alpha value is -1.26. The van der Waals surface area contributed by atoms with Crippen LogP contribution in [0.15, 0.2) is 18.2 Å². The van der Waals surface area contributed by atoms with Crippen molar-refractivity contribution >= 4 is 17.6 Å². The van der Waals surface area contributed by atoms with Crippen molar-refractivity contribution in [2.45, 2.75) is 12.3 Å². The smallest absolute Gasteiger partial charge is 0.311 e. The van der Waals surface area contributed by atoms with Crippen LogP contribution in [-0.4, -0.2) is 31.3 Å². The summed E-state index contributed by atoms with van der Waals surface area (Å²) >= 11 is 6.05. The number of hydrogen-bond donors (Lipinski definition) is 2. The van der Waals surface area contributed by atoms with Crippen molar-refractivity contribution < 1.29 is 14.6 Å². The summed E-state index contributed by atoms with van der Waals surface area (Å²) in [6.07, 6.45) is 0.876. The summed E-state index contributed by atoms with van der Waals surface area (Å²) in [4.78, 5) is 11.5. The average molecular weight is 270 g/mol. The lowest BCUT2D eigenvalue weighted by molar-refractivity contribution is -0.140. The van der Waals surface area contributed by atoms with E-state index in [0.29, 0.717) is 10.8 Å². The molecule has 4 nitrogen and oxygen atoms in total. The number of nitrogens with one attached hydrogen (secondary N) is 1. The quantitative estimate of drug-likeness (QED) is 0.879. The highest BCUT2D eigenvalue weighted by Gasteiger charge is 2.32. The molecular formula is C13H16ClNO3. The van der Waals surface area contributed by atoms with Crippen LogP contribution >= 0.6 is 11.6 Å². The van der Waals surface area contributed by atoms with E-state index in [0.717, 1.165) is 25.1 Å². The summed E-state index contributed by atoms with van der Waals surface area (Å²) in [7, 11) is 1.54. The number of methoxy groups -OCH3 is 1. The molecule has 0 bridgehead atoms. The molecule has 0 aliphatic carbocycles. The Morgan fingerprint density at radius 2 is 2.39 bits per heavy atom. The number of rotatable bonds is 4. The molecule has 1 saturated heterocycles. The van der Waals surface area contributed by atoms with Crippen LogP contribution < -0.4 is 10.1 Å². The maximum atomic E-state index is 11.5. The Morgan fingerprint density at radius 3 is 2.89 bits per heavy atom. The molecule has 2 atom stereocenters. The lowest BCUT2D eigenvalue weighted by Crippen LogP contribution is -2.23. The van der Waals surface area contributed by atoms with Crippen LogP contribution in [0.3, 0.4) is 0 Å². The first-order valence-corrected chi connectivity index (χ1v) is 6.28. The molecule has 1 aliphatic rings. The van der Waals surface area contributed by atoms with E-state index in [1.165, 1.54) is 7.11 Å². The van der Waals surface area contributed by atoms with Gasteiger partial charge in [0.15, 0.2) is 0 Å². The molecule has 1 heterocycles. The van der Waals surface area contributed by atoms with Gasteiger partial charge in [0.25, 0.3) is 0 Å². The van der Waals surface area contributed by atoms with Crippen molar-refractivity contribution in [2.24, 2.45) is 5.92 Å². The minimum Gasteiger partial charge on any atom is -0.495 e. The van der Waals surface area contributed by atoms with Crippen LogP contribution in [0.5, 0.6) is 5.75 Å². The first-order chi connectivity index (χ1) is 8.63. The second kappa shape index (κ2) is 5.59. The van der Waals surface area contributed by atoms with E-state index < -0.39 is 11.9 Å². The van der Waals surface area contributed by atoms with Crippen LogP contribution in [0, 0.1) is 5.92 Å². The second-order valence-corrected chi connectivity index (χ2v) is 4.87. The van der Waals surface area contributed by atoms with Crippen molar-refractivity contribution in [2.75, 3.05) is 20.2 Å². The third-order valence-electron chi connectivity index (χ3n) is 3.37. The number of carbonyl (C=O) groups is 1. The lowest BCUT2D eigenvalue weighted by atomic mass is 9.85. The summed E-state index contributed by atoms with van der Waals surface area (Å²) in [5.74, 6) is -0.630.